The number of rotatable bonds is 4. The molecule has 2 aliphatic rings. The summed E-state index contributed by atoms with van der Waals surface area (Å²) in [5.74, 6) is 0.960. The van der Waals surface area contributed by atoms with Gasteiger partial charge in [-0.1, -0.05) is 24.3 Å². The second kappa shape index (κ2) is 6.71. The van der Waals surface area contributed by atoms with Crippen LogP contribution in [-0.2, 0) is 11.2 Å². The first-order chi connectivity index (χ1) is 12.2. The molecular formula is C21H22N2O2. The first-order valence-electron chi connectivity index (χ1n) is 8.90. The van der Waals surface area contributed by atoms with Crippen LogP contribution < -0.4 is 10.1 Å². The highest BCUT2D eigenvalue weighted by atomic mass is 16.5. The van der Waals surface area contributed by atoms with Gasteiger partial charge in [0.05, 0.1) is 12.2 Å². The molecule has 0 bridgehead atoms. The van der Waals surface area contributed by atoms with Gasteiger partial charge in [-0.05, 0) is 49.4 Å². The summed E-state index contributed by atoms with van der Waals surface area (Å²) >= 11 is 0. The van der Waals surface area contributed by atoms with Crippen LogP contribution in [0.3, 0.4) is 0 Å². The van der Waals surface area contributed by atoms with Crippen LogP contribution in [0.5, 0.6) is 5.75 Å². The second-order valence-electron chi connectivity index (χ2n) is 6.74. The van der Waals surface area contributed by atoms with E-state index in [0.717, 1.165) is 53.8 Å². The molecule has 1 unspecified atom stereocenters. The molecule has 4 rings (SSSR count). The standard InChI is InChI=1S/C21H22N2O2/c1-14-6-5-11-22-19(14)18-10-4-9-16-12-17(25-20(16)18)13-23-21(24)15-7-2-3-8-15/h4-7,9-11,17H,2-3,8,12-13H2,1H3,(H,23,24). The molecule has 2 aromatic rings. The number of fused-ring (bicyclic) bond motifs is 1. The molecule has 25 heavy (non-hydrogen) atoms. The number of amides is 1. The third-order valence-corrected chi connectivity index (χ3v) is 4.92. The van der Waals surface area contributed by atoms with Gasteiger partial charge >= 0.3 is 0 Å². The Morgan fingerprint density at radius 1 is 1.32 bits per heavy atom. The fraction of sp³-hybridized carbons (Fsp3) is 0.333. The monoisotopic (exact) mass is 334 g/mol. The molecule has 1 amide bonds. The molecular weight excluding hydrogens is 312 g/mol. The molecule has 0 radical (unpaired) electrons. The van der Waals surface area contributed by atoms with E-state index in [1.807, 2.05) is 18.3 Å². The van der Waals surface area contributed by atoms with Crippen molar-refractivity contribution in [3.05, 3.63) is 59.3 Å². The number of hydrogen-bond acceptors (Lipinski definition) is 3. The number of aromatic nitrogens is 1. The maximum Gasteiger partial charge on any atom is 0.247 e. The van der Waals surface area contributed by atoms with Crippen LogP contribution in [0.4, 0.5) is 0 Å². The van der Waals surface area contributed by atoms with Crippen LogP contribution in [0.1, 0.15) is 30.4 Å². The zero-order chi connectivity index (χ0) is 17.2. The van der Waals surface area contributed by atoms with Crippen molar-refractivity contribution >= 4 is 5.91 Å². The number of ether oxygens (including phenoxy) is 1. The number of benzene rings is 1. The molecule has 1 aliphatic carbocycles. The highest BCUT2D eigenvalue weighted by Crippen LogP contribution is 2.38. The average Bonchev–Trinajstić information content (AvgIpc) is 3.29. The fourth-order valence-electron chi connectivity index (χ4n) is 3.60. The lowest BCUT2D eigenvalue weighted by Gasteiger charge is -2.14. The van der Waals surface area contributed by atoms with Crippen LogP contribution in [0, 0.1) is 6.92 Å². The summed E-state index contributed by atoms with van der Waals surface area (Å²) in [6.07, 6.45) is 7.63. The Morgan fingerprint density at radius 3 is 3.04 bits per heavy atom. The van der Waals surface area contributed by atoms with E-state index in [0.29, 0.717) is 6.54 Å². The maximum absolute atomic E-state index is 12.2. The van der Waals surface area contributed by atoms with Crippen molar-refractivity contribution in [1.29, 1.82) is 0 Å². The Morgan fingerprint density at radius 2 is 2.24 bits per heavy atom. The number of aryl methyl sites for hydroxylation is 1. The van der Waals surface area contributed by atoms with Gasteiger partial charge in [-0.15, -0.1) is 0 Å². The van der Waals surface area contributed by atoms with Crippen LogP contribution >= 0.6 is 0 Å². The lowest BCUT2D eigenvalue weighted by molar-refractivity contribution is -0.117. The number of nitrogens with one attached hydrogen (secondary N) is 1. The summed E-state index contributed by atoms with van der Waals surface area (Å²) in [7, 11) is 0. The summed E-state index contributed by atoms with van der Waals surface area (Å²) in [5, 5.41) is 3.02. The minimum Gasteiger partial charge on any atom is -0.487 e. The lowest BCUT2D eigenvalue weighted by Crippen LogP contribution is -2.35. The van der Waals surface area contributed by atoms with E-state index >= 15 is 0 Å². The van der Waals surface area contributed by atoms with E-state index in [9.17, 15) is 4.79 Å². The highest BCUT2D eigenvalue weighted by molar-refractivity contribution is 5.93. The number of nitrogens with zero attached hydrogens (tertiary/aromatic N) is 1. The first kappa shape index (κ1) is 15.9. The van der Waals surface area contributed by atoms with Gasteiger partial charge in [-0.25, -0.2) is 0 Å². The van der Waals surface area contributed by atoms with Gasteiger partial charge in [-0.2, -0.15) is 0 Å². The quantitative estimate of drug-likeness (QED) is 0.930. The van der Waals surface area contributed by atoms with Crippen molar-refractivity contribution in [3.63, 3.8) is 0 Å². The third kappa shape index (κ3) is 3.16. The Bertz CT molecular complexity index is 842. The van der Waals surface area contributed by atoms with Crippen molar-refractivity contribution in [1.82, 2.24) is 10.3 Å². The van der Waals surface area contributed by atoms with E-state index < -0.39 is 0 Å². The summed E-state index contributed by atoms with van der Waals surface area (Å²) in [6.45, 7) is 2.59. The molecule has 0 spiro atoms. The molecule has 0 saturated heterocycles. The second-order valence-corrected chi connectivity index (χ2v) is 6.74. The van der Waals surface area contributed by atoms with Crippen molar-refractivity contribution in [2.75, 3.05) is 6.54 Å². The van der Waals surface area contributed by atoms with Crippen LogP contribution in [0.15, 0.2) is 48.2 Å². The molecule has 1 aromatic heterocycles. The summed E-state index contributed by atoms with van der Waals surface area (Å²) in [6, 6.07) is 10.2. The summed E-state index contributed by atoms with van der Waals surface area (Å²) in [4.78, 5) is 16.7. The Hall–Kier alpha value is -2.62. The van der Waals surface area contributed by atoms with E-state index in [1.165, 1.54) is 5.56 Å². The Balaban J connectivity index is 1.48. The minimum absolute atomic E-state index is 0.0221. The molecule has 1 aromatic carbocycles. The van der Waals surface area contributed by atoms with Crippen molar-refractivity contribution in [2.24, 2.45) is 0 Å². The van der Waals surface area contributed by atoms with Crippen molar-refractivity contribution < 1.29 is 9.53 Å². The number of pyridine rings is 1. The van der Waals surface area contributed by atoms with Gasteiger partial charge in [0.25, 0.3) is 0 Å². The molecule has 4 heteroatoms. The predicted octanol–water partition coefficient (Wildman–Crippen LogP) is 3.59. The molecule has 128 valence electrons. The maximum atomic E-state index is 12.2. The molecule has 1 atom stereocenters. The number of carbonyl (C=O) groups excluding carboxylic acids is 1. The minimum atomic E-state index is -0.0221. The van der Waals surface area contributed by atoms with Gasteiger partial charge < -0.3 is 10.1 Å². The zero-order valence-electron chi connectivity index (χ0n) is 14.4. The Kier molecular flexibility index (Phi) is 4.26. The zero-order valence-corrected chi connectivity index (χ0v) is 14.4. The lowest BCUT2D eigenvalue weighted by atomic mass is 10.0. The normalized spacial score (nSPS) is 18.4. The van der Waals surface area contributed by atoms with E-state index in [1.54, 1.807) is 0 Å². The van der Waals surface area contributed by atoms with Crippen LogP contribution in [0.25, 0.3) is 11.3 Å². The molecule has 1 aliphatic heterocycles. The van der Waals surface area contributed by atoms with E-state index in [2.05, 4.69) is 41.5 Å². The molecule has 4 nitrogen and oxygen atoms in total. The van der Waals surface area contributed by atoms with E-state index in [-0.39, 0.29) is 12.0 Å². The van der Waals surface area contributed by atoms with Gasteiger partial charge in [0.1, 0.15) is 11.9 Å². The topological polar surface area (TPSA) is 51.2 Å². The van der Waals surface area contributed by atoms with Gasteiger partial charge in [0.2, 0.25) is 5.91 Å². The number of allylic oxidation sites excluding steroid dienone is 1. The third-order valence-electron chi connectivity index (χ3n) is 4.92. The predicted molar refractivity (Wildman–Crippen MR) is 97.5 cm³/mol. The van der Waals surface area contributed by atoms with E-state index in [4.69, 9.17) is 4.74 Å². The number of para-hydroxylation sites is 1. The van der Waals surface area contributed by atoms with Crippen LogP contribution in [0.2, 0.25) is 0 Å². The highest BCUT2D eigenvalue weighted by Gasteiger charge is 2.27. The van der Waals surface area contributed by atoms with Gasteiger partial charge in [0.15, 0.2) is 0 Å². The van der Waals surface area contributed by atoms with Gasteiger partial charge in [-0.3, -0.25) is 9.78 Å². The average molecular weight is 334 g/mol. The van der Waals surface area contributed by atoms with Crippen LogP contribution in [-0.4, -0.2) is 23.5 Å². The largest absolute Gasteiger partial charge is 0.487 e. The van der Waals surface area contributed by atoms with Gasteiger partial charge in [0, 0.05) is 23.8 Å². The first-order valence-corrected chi connectivity index (χ1v) is 8.90. The SMILES string of the molecule is Cc1cccnc1-c1cccc2c1OC(CNC(=O)C1=CCCC1)C2. The van der Waals surface area contributed by atoms with Crippen molar-refractivity contribution in [3.8, 4) is 17.0 Å². The molecule has 1 N–H and O–H groups in total. The molecule has 2 heterocycles. The summed E-state index contributed by atoms with van der Waals surface area (Å²) < 4.78 is 6.19. The fourth-order valence-corrected chi connectivity index (χ4v) is 3.60. The van der Waals surface area contributed by atoms with Crippen molar-refractivity contribution in [2.45, 2.75) is 38.7 Å². The number of hydrogen-bond donors (Lipinski definition) is 1. The molecule has 0 fully saturated rings. The number of carbonyl (C=O) groups is 1. The Labute approximate surface area is 147 Å². The molecule has 0 saturated carbocycles. The summed E-state index contributed by atoms with van der Waals surface area (Å²) in [5.41, 5.74) is 5.22. The smallest absolute Gasteiger partial charge is 0.247 e.